The zero-order valence-corrected chi connectivity index (χ0v) is 10.6. The van der Waals surface area contributed by atoms with E-state index in [0.717, 1.165) is 0 Å². The SMILES string of the molecule is O=C(Cc1ccccc1F)NNC(=O)c1ccccc1. The van der Waals surface area contributed by atoms with Crippen LogP contribution in [-0.4, -0.2) is 11.8 Å². The van der Waals surface area contributed by atoms with Gasteiger partial charge in [-0.1, -0.05) is 36.4 Å². The molecule has 2 aromatic rings. The molecule has 0 aliphatic heterocycles. The van der Waals surface area contributed by atoms with Crippen LogP contribution in [0, 0.1) is 5.82 Å². The van der Waals surface area contributed by atoms with Gasteiger partial charge in [0.05, 0.1) is 6.42 Å². The van der Waals surface area contributed by atoms with Gasteiger partial charge in [-0.25, -0.2) is 4.39 Å². The van der Waals surface area contributed by atoms with Crippen LogP contribution in [0.5, 0.6) is 0 Å². The molecule has 0 spiro atoms. The van der Waals surface area contributed by atoms with Crippen LogP contribution in [0.1, 0.15) is 15.9 Å². The third-order valence-electron chi connectivity index (χ3n) is 2.66. The summed E-state index contributed by atoms with van der Waals surface area (Å²) in [5, 5.41) is 0. The minimum atomic E-state index is -0.487. The molecule has 0 bridgehead atoms. The Morgan fingerprint density at radius 3 is 2.25 bits per heavy atom. The number of nitrogens with one attached hydrogen (secondary N) is 2. The van der Waals surface area contributed by atoms with E-state index in [0.29, 0.717) is 5.56 Å². The summed E-state index contributed by atoms with van der Waals surface area (Å²) in [6.45, 7) is 0. The number of halogens is 1. The Kier molecular flexibility index (Phi) is 4.44. The summed E-state index contributed by atoms with van der Waals surface area (Å²) in [7, 11) is 0. The Morgan fingerprint density at radius 1 is 0.900 bits per heavy atom. The largest absolute Gasteiger partial charge is 0.273 e. The van der Waals surface area contributed by atoms with Crippen LogP contribution in [0.4, 0.5) is 4.39 Å². The first-order valence-electron chi connectivity index (χ1n) is 6.04. The number of rotatable bonds is 3. The molecule has 102 valence electrons. The van der Waals surface area contributed by atoms with Gasteiger partial charge in [0, 0.05) is 5.56 Å². The molecule has 2 N–H and O–H groups in total. The summed E-state index contributed by atoms with van der Waals surface area (Å²) < 4.78 is 13.3. The lowest BCUT2D eigenvalue weighted by Crippen LogP contribution is -2.42. The highest BCUT2D eigenvalue weighted by Gasteiger charge is 2.09. The quantitative estimate of drug-likeness (QED) is 0.837. The first kappa shape index (κ1) is 13.7. The molecule has 0 unspecified atom stereocenters. The molecule has 0 aromatic heterocycles. The van der Waals surface area contributed by atoms with E-state index in [-0.39, 0.29) is 12.0 Å². The van der Waals surface area contributed by atoms with Crippen LogP contribution in [0.15, 0.2) is 54.6 Å². The lowest BCUT2D eigenvalue weighted by molar-refractivity contribution is -0.121. The van der Waals surface area contributed by atoms with Gasteiger partial charge in [-0.15, -0.1) is 0 Å². The zero-order valence-electron chi connectivity index (χ0n) is 10.6. The molecular formula is C15H13FN2O2. The molecule has 0 saturated heterocycles. The van der Waals surface area contributed by atoms with Crippen LogP contribution < -0.4 is 10.9 Å². The van der Waals surface area contributed by atoms with Crippen LogP contribution in [0.2, 0.25) is 0 Å². The number of carbonyl (C=O) groups excluding carboxylic acids is 2. The number of amides is 2. The molecule has 2 amide bonds. The van der Waals surface area contributed by atoms with Crippen molar-refractivity contribution in [3.63, 3.8) is 0 Å². The fraction of sp³-hybridized carbons (Fsp3) is 0.0667. The number of carbonyl (C=O) groups is 2. The molecule has 5 heteroatoms. The lowest BCUT2D eigenvalue weighted by atomic mass is 10.1. The molecule has 2 rings (SSSR count). The van der Waals surface area contributed by atoms with E-state index < -0.39 is 17.6 Å². The molecule has 0 atom stereocenters. The van der Waals surface area contributed by atoms with Gasteiger partial charge >= 0.3 is 0 Å². The van der Waals surface area contributed by atoms with Crippen molar-refractivity contribution in [1.82, 2.24) is 10.9 Å². The van der Waals surface area contributed by atoms with E-state index in [4.69, 9.17) is 0 Å². The Balaban J connectivity index is 1.87. The first-order valence-corrected chi connectivity index (χ1v) is 6.04. The fourth-order valence-corrected chi connectivity index (χ4v) is 1.65. The number of hydrazine groups is 1. The van der Waals surface area contributed by atoms with Crippen molar-refractivity contribution in [2.24, 2.45) is 0 Å². The molecule has 0 aliphatic rings. The van der Waals surface area contributed by atoms with Gasteiger partial charge in [-0.05, 0) is 23.8 Å². The molecule has 0 saturated carbocycles. The van der Waals surface area contributed by atoms with E-state index >= 15 is 0 Å². The van der Waals surface area contributed by atoms with E-state index in [9.17, 15) is 14.0 Å². The second-order valence-electron chi connectivity index (χ2n) is 4.14. The maximum absolute atomic E-state index is 13.3. The zero-order chi connectivity index (χ0) is 14.4. The molecule has 20 heavy (non-hydrogen) atoms. The average Bonchev–Trinajstić information content (AvgIpc) is 2.48. The predicted molar refractivity (Wildman–Crippen MR) is 72.2 cm³/mol. The highest BCUT2D eigenvalue weighted by atomic mass is 19.1. The predicted octanol–water partition coefficient (Wildman–Crippen LogP) is 1.83. The van der Waals surface area contributed by atoms with Crippen LogP contribution in [0.25, 0.3) is 0 Å². The highest BCUT2D eigenvalue weighted by molar-refractivity contribution is 5.95. The molecule has 0 heterocycles. The van der Waals surface area contributed by atoms with Gasteiger partial charge < -0.3 is 0 Å². The van der Waals surface area contributed by atoms with Crippen LogP contribution in [-0.2, 0) is 11.2 Å². The molecule has 0 aliphatic carbocycles. The normalized spacial score (nSPS) is 9.85. The van der Waals surface area contributed by atoms with Crippen LogP contribution >= 0.6 is 0 Å². The lowest BCUT2D eigenvalue weighted by Gasteiger charge is -2.07. The van der Waals surface area contributed by atoms with Gasteiger partial charge in [0.15, 0.2) is 0 Å². The highest BCUT2D eigenvalue weighted by Crippen LogP contribution is 2.06. The van der Waals surface area contributed by atoms with Gasteiger partial charge in [0.2, 0.25) is 5.91 Å². The van der Waals surface area contributed by atoms with Gasteiger partial charge in [0.25, 0.3) is 5.91 Å². The van der Waals surface area contributed by atoms with Gasteiger partial charge in [0.1, 0.15) is 5.82 Å². The van der Waals surface area contributed by atoms with Crippen molar-refractivity contribution in [3.05, 3.63) is 71.5 Å². The topological polar surface area (TPSA) is 58.2 Å². The Labute approximate surface area is 115 Å². The summed E-state index contributed by atoms with van der Waals surface area (Å²) in [4.78, 5) is 23.3. The second-order valence-corrected chi connectivity index (χ2v) is 4.14. The van der Waals surface area contributed by atoms with Gasteiger partial charge in [-0.3, -0.25) is 20.4 Å². The molecule has 4 nitrogen and oxygen atoms in total. The van der Waals surface area contributed by atoms with Crippen molar-refractivity contribution in [2.45, 2.75) is 6.42 Å². The van der Waals surface area contributed by atoms with E-state index in [2.05, 4.69) is 10.9 Å². The number of hydrogen-bond acceptors (Lipinski definition) is 2. The first-order chi connectivity index (χ1) is 9.66. The number of benzene rings is 2. The van der Waals surface area contributed by atoms with Crippen molar-refractivity contribution in [3.8, 4) is 0 Å². The summed E-state index contributed by atoms with van der Waals surface area (Å²) in [6, 6.07) is 14.5. The maximum atomic E-state index is 13.3. The third kappa shape index (κ3) is 3.65. The monoisotopic (exact) mass is 272 g/mol. The minimum Gasteiger partial charge on any atom is -0.273 e. The molecule has 0 fully saturated rings. The summed E-state index contributed by atoms with van der Waals surface area (Å²) in [6.07, 6.45) is -0.137. The summed E-state index contributed by atoms with van der Waals surface area (Å²) in [5.74, 6) is -1.36. The van der Waals surface area contributed by atoms with Crippen LogP contribution in [0.3, 0.4) is 0 Å². The van der Waals surface area contributed by atoms with Gasteiger partial charge in [-0.2, -0.15) is 0 Å². The summed E-state index contributed by atoms with van der Waals surface area (Å²) >= 11 is 0. The maximum Gasteiger partial charge on any atom is 0.269 e. The second kappa shape index (κ2) is 6.47. The van der Waals surface area contributed by atoms with E-state index in [1.807, 2.05) is 0 Å². The van der Waals surface area contributed by atoms with Crippen molar-refractivity contribution in [1.29, 1.82) is 0 Å². The standard InChI is InChI=1S/C15H13FN2O2/c16-13-9-5-4-8-12(13)10-14(19)17-18-15(20)11-6-2-1-3-7-11/h1-9H,10H2,(H,17,19)(H,18,20). The third-order valence-corrected chi connectivity index (χ3v) is 2.66. The minimum absolute atomic E-state index is 0.137. The van der Waals surface area contributed by atoms with E-state index in [1.165, 1.54) is 12.1 Å². The molecule has 0 radical (unpaired) electrons. The number of hydrogen-bond donors (Lipinski definition) is 2. The average molecular weight is 272 g/mol. The molecule has 2 aromatic carbocycles. The smallest absolute Gasteiger partial charge is 0.269 e. The van der Waals surface area contributed by atoms with Crippen molar-refractivity contribution in [2.75, 3.05) is 0 Å². The van der Waals surface area contributed by atoms with Crippen molar-refractivity contribution >= 4 is 11.8 Å². The molecular weight excluding hydrogens is 259 g/mol. The fourth-order valence-electron chi connectivity index (χ4n) is 1.65. The summed E-state index contributed by atoms with van der Waals surface area (Å²) in [5.41, 5.74) is 5.24. The van der Waals surface area contributed by atoms with Crippen molar-refractivity contribution < 1.29 is 14.0 Å². The Morgan fingerprint density at radius 2 is 1.55 bits per heavy atom. The Bertz CT molecular complexity index is 614. The van der Waals surface area contributed by atoms with E-state index in [1.54, 1.807) is 42.5 Å². The Hall–Kier alpha value is -2.69.